The molecule has 3 saturated heterocycles. The molecule has 1 amide bonds. The van der Waals surface area contributed by atoms with Crippen LogP contribution in [0, 0.1) is 50.2 Å². The molecule has 3 aliphatic heterocycles. The number of carbonyl (C=O) groups is 2. The number of amides is 1. The molecule has 0 aromatic rings. The van der Waals surface area contributed by atoms with Gasteiger partial charge >= 0.3 is 5.97 Å². The molecule has 0 spiro atoms. The summed E-state index contributed by atoms with van der Waals surface area (Å²) in [5.74, 6) is -1.10. The second-order valence-electron chi connectivity index (χ2n) is 25.3. The van der Waals surface area contributed by atoms with Crippen LogP contribution in [0.5, 0.6) is 0 Å². The Bertz CT molecular complexity index is 1970. The van der Waals surface area contributed by atoms with Crippen LogP contribution in [-0.2, 0) is 38.0 Å². The number of allylic oxidation sites excluding steroid dienone is 2. The first-order valence-electron chi connectivity index (χ1n) is 26.9. The minimum atomic E-state index is -1.91. The summed E-state index contributed by atoms with van der Waals surface area (Å²) in [7, 11) is 0. The van der Waals surface area contributed by atoms with E-state index in [4.69, 9.17) is 34.2 Å². The van der Waals surface area contributed by atoms with Crippen LogP contribution in [0.4, 0.5) is 0 Å². The van der Waals surface area contributed by atoms with Gasteiger partial charge in [0, 0.05) is 6.42 Å². The fourth-order valence-electron chi connectivity index (χ4n) is 15.8. The van der Waals surface area contributed by atoms with Gasteiger partial charge in [0.2, 0.25) is 12.2 Å². The summed E-state index contributed by atoms with van der Waals surface area (Å²) in [5, 5.41) is 104. The first-order chi connectivity index (χ1) is 33.7. The molecule has 0 bridgehead atoms. The number of hydrogen-bond donors (Lipinski definition) is 11. The Labute approximate surface area is 424 Å². The van der Waals surface area contributed by atoms with E-state index in [1.165, 1.54) is 6.92 Å². The average Bonchev–Trinajstić information content (AvgIpc) is 3.31. The molecule has 8 rings (SSSR count). The van der Waals surface area contributed by atoms with E-state index in [1.807, 2.05) is 0 Å². The lowest BCUT2D eigenvalue weighted by atomic mass is 9.33. The second kappa shape index (κ2) is 20.8. The van der Waals surface area contributed by atoms with Crippen LogP contribution < -0.4 is 11.1 Å². The van der Waals surface area contributed by atoms with Crippen LogP contribution in [0.3, 0.4) is 0 Å². The zero-order valence-corrected chi connectivity index (χ0v) is 43.7. The number of ether oxygens (including phenoxy) is 6. The molecule has 3 heterocycles. The Kier molecular flexibility index (Phi) is 16.3. The van der Waals surface area contributed by atoms with E-state index in [0.29, 0.717) is 51.0 Å². The van der Waals surface area contributed by atoms with Gasteiger partial charge in [0.15, 0.2) is 18.7 Å². The summed E-state index contributed by atoms with van der Waals surface area (Å²) in [6.45, 7) is 16.7. The van der Waals surface area contributed by atoms with Crippen molar-refractivity contribution >= 4 is 11.9 Å². The van der Waals surface area contributed by atoms with E-state index in [2.05, 4.69) is 59.9 Å². The number of fused-ring (bicyclic) bond motifs is 7. The predicted octanol–water partition coefficient (Wildman–Crippen LogP) is 1.42. The van der Waals surface area contributed by atoms with Crippen molar-refractivity contribution in [2.24, 2.45) is 56.0 Å². The minimum Gasteiger partial charge on any atom is -0.432 e. The molecule has 12 N–H and O–H groups in total. The zero-order valence-electron chi connectivity index (χ0n) is 43.7. The number of aliphatic hydroxyl groups excluding tert-OH is 9. The molecule has 23 atom stereocenters. The normalized spacial score (nSPS) is 49.8. The quantitative estimate of drug-likeness (QED) is 0.0706. The van der Waals surface area contributed by atoms with Crippen molar-refractivity contribution in [3.8, 4) is 0 Å². The highest BCUT2D eigenvalue weighted by molar-refractivity contribution is 5.80. The van der Waals surface area contributed by atoms with E-state index in [-0.39, 0.29) is 53.1 Å². The topological polar surface area (TPSA) is 310 Å². The van der Waals surface area contributed by atoms with Crippen LogP contribution in [0.25, 0.3) is 0 Å². The number of hydrogen-bond acceptors (Lipinski definition) is 18. The molecule has 19 nitrogen and oxygen atoms in total. The maximum atomic E-state index is 15.6. The van der Waals surface area contributed by atoms with Crippen molar-refractivity contribution in [1.82, 2.24) is 5.32 Å². The van der Waals surface area contributed by atoms with Crippen LogP contribution in [0.1, 0.15) is 139 Å². The fraction of sp³-hybridized carbons (Fsp3) is 0.925. The van der Waals surface area contributed by atoms with Gasteiger partial charge in [-0.05, 0) is 129 Å². The minimum absolute atomic E-state index is 0.0536. The predicted molar refractivity (Wildman–Crippen MR) is 258 cm³/mol. The number of esters is 1. The van der Waals surface area contributed by atoms with Crippen molar-refractivity contribution in [2.45, 2.75) is 237 Å². The zero-order chi connectivity index (χ0) is 52.7. The van der Waals surface area contributed by atoms with Gasteiger partial charge in [0.05, 0.1) is 37.6 Å². The summed E-state index contributed by atoms with van der Waals surface area (Å²) in [6, 6.07) is -1.32. The Hall–Kier alpha value is -1.92. The molecule has 12 unspecified atom stereocenters. The lowest BCUT2D eigenvalue weighted by Crippen LogP contribution is -2.69. The maximum Gasteiger partial charge on any atom is 0.317 e. The van der Waals surface area contributed by atoms with Crippen molar-refractivity contribution in [3.63, 3.8) is 0 Å². The van der Waals surface area contributed by atoms with Gasteiger partial charge in [0.25, 0.3) is 0 Å². The van der Waals surface area contributed by atoms with E-state index in [9.17, 15) is 50.8 Å². The average molecular weight is 1030 g/mol. The molecule has 7 fully saturated rings. The molecule has 412 valence electrons. The molecule has 4 saturated carbocycles. The Balaban J connectivity index is 1.09. The van der Waals surface area contributed by atoms with Crippen molar-refractivity contribution < 1.29 is 84.0 Å². The largest absolute Gasteiger partial charge is 0.432 e. The molecule has 0 aromatic heterocycles. The van der Waals surface area contributed by atoms with Gasteiger partial charge in [-0.15, -0.1) is 0 Å². The van der Waals surface area contributed by atoms with Crippen LogP contribution in [0.2, 0.25) is 0 Å². The molecule has 8 aliphatic rings. The van der Waals surface area contributed by atoms with Crippen LogP contribution >= 0.6 is 0 Å². The fourth-order valence-corrected chi connectivity index (χ4v) is 15.8. The number of aliphatic hydroxyl groups is 9. The summed E-state index contributed by atoms with van der Waals surface area (Å²) in [5.41, 5.74) is 4.07. The second-order valence-corrected chi connectivity index (χ2v) is 25.3. The molecular formula is C53H88N2O17. The van der Waals surface area contributed by atoms with Gasteiger partial charge in [-0.25, -0.2) is 0 Å². The summed E-state index contributed by atoms with van der Waals surface area (Å²) in [6.07, 6.45) is -12.0. The molecule has 19 heteroatoms. The van der Waals surface area contributed by atoms with Crippen molar-refractivity contribution in [3.05, 3.63) is 11.6 Å². The van der Waals surface area contributed by atoms with Gasteiger partial charge in [0.1, 0.15) is 54.2 Å². The lowest BCUT2D eigenvalue weighted by Gasteiger charge is -2.71. The van der Waals surface area contributed by atoms with Gasteiger partial charge in [-0.3, -0.25) is 9.59 Å². The number of rotatable bonds is 13. The Morgan fingerprint density at radius 2 is 1.44 bits per heavy atom. The van der Waals surface area contributed by atoms with Crippen molar-refractivity contribution in [2.75, 3.05) is 19.8 Å². The third kappa shape index (κ3) is 9.45. The molecule has 0 aromatic carbocycles. The third-order valence-electron chi connectivity index (χ3n) is 20.4. The number of carbonyl (C=O) groups excluding carboxylic acids is 2. The van der Waals surface area contributed by atoms with E-state index < -0.39 is 127 Å². The molecule has 5 aliphatic carbocycles. The molecule has 72 heavy (non-hydrogen) atoms. The number of unbranched alkanes of at least 4 members (excludes halogenated alkanes) is 2. The summed E-state index contributed by atoms with van der Waals surface area (Å²) in [4.78, 5) is 28.9. The Morgan fingerprint density at radius 3 is 2.14 bits per heavy atom. The molecule has 0 radical (unpaired) electrons. The standard InChI is InChI=1S/C53H88N2O17/c1-26-42(70-44-40(64)37(61)29(57)25-67-44)39(63)41(65)45(68-26)71-43-38(62)36(55-35(60)12-10-9-11-21-54)30(24-56)69-46(43)72-47(66)53-20-19-48(2,3)22-28(53)27-13-14-32-50(6)17-16-33(58)49(4,5)31(50)15-18-51(32,7)52(27,8)23-34(53)59/h13,26,28-34,36-46,56-59,61-65H,9-12,14-25,54H2,1-8H3,(H,55,60)/t26?,28?,29-,30?,31+,32?,33+,34-,36+,37?,38?,39?,40?,41?,42+,43?,44+,45?,46+,50?,51-,52-,53-/m1/s1. The highest BCUT2D eigenvalue weighted by atomic mass is 16.8. The Morgan fingerprint density at radius 1 is 0.750 bits per heavy atom. The lowest BCUT2D eigenvalue weighted by molar-refractivity contribution is -0.370. The van der Waals surface area contributed by atoms with Crippen LogP contribution in [-0.4, -0.2) is 176 Å². The molecular weight excluding hydrogens is 937 g/mol. The van der Waals surface area contributed by atoms with E-state index in [1.54, 1.807) is 0 Å². The highest BCUT2D eigenvalue weighted by Crippen LogP contribution is 2.76. The first-order valence-corrected chi connectivity index (χ1v) is 26.9. The van der Waals surface area contributed by atoms with Crippen molar-refractivity contribution in [1.29, 1.82) is 0 Å². The van der Waals surface area contributed by atoms with Gasteiger partial charge in [-0.1, -0.05) is 66.5 Å². The maximum absolute atomic E-state index is 15.6. The SMILES string of the molecule is CC1OC(OC2C(O)[C@@H](NC(=O)CCCCCN)C(CO)O[C@H]2OC(=O)[C@]23CCC(C)(C)CC2C2=CCC4C5(C)CC[C@H](O)C(C)(C)[C@@H]5CC[C@@]4(C)[C@]2(C)C[C@H]3O)C(O)C(O)[C@H]1O[C@@H]1OC[C@@H](O)C(O)C1O. The van der Waals surface area contributed by atoms with Gasteiger partial charge in [-0.2, -0.15) is 0 Å². The van der Waals surface area contributed by atoms with Crippen LogP contribution in [0.15, 0.2) is 11.6 Å². The third-order valence-corrected chi connectivity index (χ3v) is 20.4. The van der Waals surface area contributed by atoms with E-state index >= 15 is 4.79 Å². The highest BCUT2D eigenvalue weighted by Gasteiger charge is 2.72. The van der Waals surface area contributed by atoms with E-state index in [0.717, 1.165) is 37.7 Å². The number of nitrogens with two attached hydrogens (primary N) is 1. The van der Waals surface area contributed by atoms with Gasteiger partial charge < -0.3 is 85.4 Å². The first kappa shape index (κ1) is 56.3. The summed E-state index contributed by atoms with van der Waals surface area (Å²) >= 11 is 0. The monoisotopic (exact) mass is 1020 g/mol. The number of nitrogens with one attached hydrogen (secondary N) is 1. The smallest absolute Gasteiger partial charge is 0.317 e. The summed E-state index contributed by atoms with van der Waals surface area (Å²) < 4.78 is 36.3.